The van der Waals surface area contributed by atoms with E-state index < -0.39 is 0 Å². The van der Waals surface area contributed by atoms with Gasteiger partial charge in [0, 0.05) is 6.04 Å². The summed E-state index contributed by atoms with van der Waals surface area (Å²) in [6, 6.07) is 0.741. The molecular weight excluding hydrogens is 209 g/mol. The Morgan fingerprint density at radius 2 is 1.94 bits per heavy atom. The van der Waals surface area contributed by atoms with E-state index in [9.17, 15) is 0 Å². The van der Waals surface area contributed by atoms with Gasteiger partial charge in [0.15, 0.2) is 0 Å². The van der Waals surface area contributed by atoms with E-state index in [2.05, 4.69) is 40.6 Å². The fourth-order valence-corrected chi connectivity index (χ4v) is 3.76. The van der Waals surface area contributed by atoms with E-state index in [1.165, 1.54) is 25.7 Å². The standard InChI is InChI=1S/C14H28BNO/c1-11-8-13(2,15)7-5-6-12(11)16(4)14(3)9-17-10-14/h11-12H,5-10,15H2,1-4H3. The average Bonchev–Trinajstić information content (AvgIpc) is 2.31. The SMILES string of the molecule is BC1(C)CCCC(N(C)C2(C)COC2)C(C)C1. The van der Waals surface area contributed by atoms with Gasteiger partial charge in [0.25, 0.3) is 0 Å². The third kappa shape index (κ3) is 2.71. The second-order valence-electron chi connectivity index (χ2n) is 7.41. The molecule has 3 unspecified atom stereocenters. The first kappa shape index (κ1) is 13.4. The monoisotopic (exact) mass is 237 g/mol. The van der Waals surface area contributed by atoms with E-state index in [-0.39, 0.29) is 0 Å². The zero-order valence-corrected chi connectivity index (χ0v) is 12.3. The quantitative estimate of drug-likeness (QED) is 0.538. The Morgan fingerprint density at radius 1 is 1.29 bits per heavy atom. The first-order valence-corrected chi connectivity index (χ1v) is 7.15. The number of ether oxygens (including phenoxy) is 1. The van der Waals surface area contributed by atoms with Gasteiger partial charge >= 0.3 is 0 Å². The van der Waals surface area contributed by atoms with Crippen LogP contribution in [-0.2, 0) is 4.74 Å². The molecule has 1 aliphatic carbocycles. The van der Waals surface area contributed by atoms with Crippen LogP contribution in [0, 0.1) is 5.92 Å². The number of hydrogen-bond donors (Lipinski definition) is 0. The van der Waals surface area contributed by atoms with Gasteiger partial charge in [-0.15, -0.1) is 0 Å². The van der Waals surface area contributed by atoms with Crippen molar-refractivity contribution in [1.82, 2.24) is 4.90 Å². The third-order valence-electron chi connectivity index (χ3n) is 5.06. The zero-order valence-electron chi connectivity index (χ0n) is 12.3. The van der Waals surface area contributed by atoms with E-state index in [4.69, 9.17) is 4.74 Å². The molecule has 2 fully saturated rings. The molecular formula is C14H28BNO. The normalized spacial score (nSPS) is 41.9. The maximum atomic E-state index is 5.42. The van der Waals surface area contributed by atoms with Crippen LogP contribution >= 0.6 is 0 Å². The summed E-state index contributed by atoms with van der Waals surface area (Å²) < 4.78 is 5.42. The predicted molar refractivity (Wildman–Crippen MR) is 75.3 cm³/mol. The van der Waals surface area contributed by atoms with Gasteiger partial charge in [0.05, 0.1) is 18.8 Å². The highest BCUT2D eigenvalue weighted by atomic mass is 16.5. The maximum Gasteiger partial charge on any atom is 0.109 e. The van der Waals surface area contributed by atoms with Crippen LogP contribution in [0.3, 0.4) is 0 Å². The molecule has 0 radical (unpaired) electrons. The molecule has 0 N–H and O–H groups in total. The Bertz CT molecular complexity index is 275. The summed E-state index contributed by atoms with van der Waals surface area (Å²) in [5.74, 6) is 0.801. The van der Waals surface area contributed by atoms with Crippen molar-refractivity contribution in [2.24, 2.45) is 5.92 Å². The molecule has 0 aromatic heterocycles. The van der Waals surface area contributed by atoms with Crippen molar-refractivity contribution in [3.63, 3.8) is 0 Å². The molecule has 1 aliphatic heterocycles. The molecule has 1 saturated carbocycles. The number of likely N-dealkylation sites (N-methyl/N-ethyl adjacent to an activating group) is 1. The van der Waals surface area contributed by atoms with Crippen LogP contribution in [0.25, 0.3) is 0 Å². The predicted octanol–water partition coefficient (Wildman–Crippen LogP) is 2.10. The minimum Gasteiger partial charge on any atom is -0.377 e. The molecule has 0 aromatic carbocycles. The highest BCUT2D eigenvalue weighted by Crippen LogP contribution is 2.43. The highest BCUT2D eigenvalue weighted by molar-refractivity contribution is 6.14. The molecule has 0 spiro atoms. The van der Waals surface area contributed by atoms with Crippen molar-refractivity contribution < 1.29 is 4.74 Å². The Hall–Kier alpha value is -0.0151. The molecule has 0 bridgehead atoms. The minimum atomic E-state index is 0.299. The van der Waals surface area contributed by atoms with E-state index >= 15 is 0 Å². The second-order valence-corrected chi connectivity index (χ2v) is 7.41. The Morgan fingerprint density at radius 3 is 2.47 bits per heavy atom. The molecule has 2 rings (SSSR count). The molecule has 1 heterocycles. The summed E-state index contributed by atoms with van der Waals surface area (Å²) >= 11 is 0. The average molecular weight is 237 g/mol. The molecule has 2 nitrogen and oxygen atoms in total. The van der Waals surface area contributed by atoms with Crippen molar-refractivity contribution in [1.29, 1.82) is 0 Å². The molecule has 0 aromatic rings. The first-order chi connectivity index (χ1) is 7.84. The number of rotatable bonds is 2. The molecule has 3 heteroatoms. The molecule has 98 valence electrons. The summed E-state index contributed by atoms with van der Waals surface area (Å²) in [5, 5.41) is 0.534. The van der Waals surface area contributed by atoms with E-state index in [0.717, 1.165) is 25.2 Å². The van der Waals surface area contributed by atoms with Crippen molar-refractivity contribution in [3.8, 4) is 0 Å². The minimum absolute atomic E-state index is 0.299. The van der Waals surface area contributed by atoms with Gasteiger partial charge in [-0.25, -0.2) is 0 Å². The Labute approximate surface area is 107 Å². The van der Waals surface area contributed by atoms with Gasteiger partial charge in [-0.1, -0.05) is 38.4 Å². The molecule has 3 atom stereocenters. The second kappa shape index (κ2) is 4.58. The summed E-state index contributed by atoms with van der Waals surface area (Å²) in [6.07, 6.45) is 5.48. The molecule has 0 amide bonds. The van der Waals surface area contributed by atoms with Crippen LogP contribution in [0.2, 0.25) is 5.31 Å². The third-order valence-corrected chi connectivity index (χ3v) is 5.06. The van der Waals surface area contributed by atoms with Gasteiger partial charge < -0.3 is 4.74 Å². The highest BCUT2D eigenvalue weighted by Gasteiger charge is 2.43. The van der Waals surface area contributed by atoms with Crippen LogP contribution in [0.4, 0.5) is 0 Å². The van der Waals surface area contributed by atoms with Crippen molar-refractivity contribution in [2.45, 2.75) is 63.3 Å². The van der Waals surface area contributed by atoms with Crippen molar-refractivity contribution in [3.05, 3.63) is 0 Å². The van der Waals surface area contributed by atoms with E-state index in [0.29, 0.717) is 10.9 Å². The van der Waals surface area contributed by atoms with Crippen LogP contribution < -0.4 is 0 Å². The van der Waals surface area contributed by atoms with E-state index in [1.807, 2.05) is 0 Å². The van der Waals surface area contributed by atoms with Gasteiger partial charge in [0.1, 0.15) is 7.85 Å². The van der Waals surface area contributed by atoms with Crippen molar-refractivity contribution in [2.75, 3.05) is 20.3 Å². The Kier molecular flexibility index (Phi) is 3.62. The lowest BCUT2D eigenvalue weighted by Gasteiger charge is -2.50. The number of nitrogens with zero attached hydrogens (tertiary/aromatic N) is 1. The summed E-state index contributed by atoms with van der Waals surface area (Å²) in [5.41, 5.74) is 0.299. The largest absolute Gasteiger partial charge is 0.377 e. The lowest BCUT2D eigenvalue weighted by molar-refractivity contribution is -0.140. The first-order valence-electron chi connectivity index (χ1n) is 7.15. The van der Waals surface area contributed by atoms with Crippen molar-refractivity contribution >= 4 is 7.85 Å². The summed E-state index contributed by atoms with van der Waals surface area (Å²) in [4.78, 5) is 2.61. The maximum absolute atomic E-state index is 5.42. The number of hydrogen-bond acceptors (Lipinski definition) is 2. The van der Waals surface area contributed by atoms with Crippen LogP contribution in [0.15, 0.2) is 0 Å². The molecule has 17 heavy (non-hydrogen) atoms. The smallest absolute Gasteiger partial charge is 0.109 e. The van der Waals surface area contributed by atoms with Gasteiger partial charge in [-0.05, 0) is 26.3 Å². The summed E-state index contributed by atoms with van der Waals surface area (Å²) in [7, 11) is 4.74. The lowest BCUT2D eigenvalue weighted by atomic mass is 9.64. The van der Waals surface area contributed by atoms with Gasteiger partial charge in [-0.3, -0.25) is 4.90 Å². The van der Waals surface area contributed by atoms with Gasteiger partial charge in [-0.2, -0.15) is 0 Å². The van der Waals surface area contributed by atoms with E-state index in [1.54, 1.807) is 0 Å². The zero-order chi connectivity index (χ0) is 12.7. The van der Waals surface area contributed by atoms with Crippen LogP contribution in [-0.4, -0.2) is 44.6 Å². The summed E-state index contributed by atoms with van der Waals surface area (Å²) in [6.45, 7) is 9.04. The topological polar surface area (TPSA) is 12.5 Å². The Balaban J connectivity index is 2.04. The molecule has 2 aliphatic rings. The fourth-order valence-electron chi connectivity index (χ4n) is 3.76. The molecule has 1 saturated heterocycles. The van der Waals surface area contributed by atoms with Gasteiger partial charge in [0.2, 0.25) is 0 Å². The fraction of sp³-hybridized carbons (Fsp3) is 1.00. The lowest BCUT2D eigenvalue weighted by Crippen LogP contribution is -2.62. The van der Waals surface area contributed by atoms with Crippen LogP contribution in [0.5, 0.6) is 0 Å². The van der Waals surface area contributed by atoms with Crippen LogP contribution in [0.1, 0.15) is 46.5 Å².